The maximum atomic E-state index is 10.4. The molecule has 1 rings (SSSR count). The van der Waals surface area contributed by atoms with Gasteiger partial charge in [-0.05, 0) is 11.1 Å². The fourth-order valence-electron chi connectivity index (χ4n) is 1.29. The maximum Gasteiger partial charge on any atom is 0.404 e. The van der Waals surface area contributed by atoms with E-state index in [0.717, 1.165) is 11.1 Å². The van der Waals surface area contributed by atoms with E-state index >= 15 is 0 Å². The van der Waals surface area contributed by atoms with Crippen LogP contribution in [0.4, 0.5) is 4.79 Å². The van der Waals surface area contributed by atoms with Gasteiger partial charge in [-0.1, -0.05) is 30.3 Å². The highest BCUT2D eigenvalue weighted by molar-refractivity contribution is 5.64. The molecule has 0 aliphatic rings. The van der Waals surface area contributed by atoms with Gasteiger partial charge in [0.2, 0.25) is 0 Å². The largest absolute Gasteiger partial charge is 0.465 e. The molecule has 1 aromatic rings. The van der Waals surface area contributed by atoms with Crippen molar-refractivity contribution >= 4 is 6.09 Å². The summed E-state index contributed by atoms with van der Waals surface area (Å²) >= 11 is 0. The minimum Gasteiger partial charge on any atom is -0.465 e. The lowest BCUT2D eigenvalue weighted by molar-refractivity contribution is 0.148. The molecule has 4 nitrogen and oxygen atoms in total. The Morgan fingerprint density at radius 1 is 1.44 bits per heavy atom. The summed E-state index contributed by atoms with van der Waals surface area (Å²) in [4.78, 5) is 10.4. The topological polar surface area (TPSA) is 58.6 Å². The first kappa shape index (κ1) is 12.3. The van der Waals surface area contributed by atoms with Crippen molar-refractivity contribution in [1.82, 2.24) is 5.32 Å². The molecule has 4 heteroatoms. The molecule has 0 heterocycles. The molecule has 86 valence electrons. The molecule has 0 saturated carbocycles. The Labute approximate surface area is 94.6 Å². The zero-order chi connectivity index (χ0) is 11.8. The van der Waals surface area contributed by atoms with Gasteiger partial charge in [0.15, 0.2) is 0 Å². The molecule has 0 unspecified atom stereocenters. The van der Waals surface area contributed by atoms with Crippen molar-refractivity contribution in [2.24, 2.45) is 0 Å². The minimum atomic E-state index is -1.03. The minimum absolute atomic E-state index is 0.295. The number of hydrogen-bond donors (Lipinski definition) is 2. The number of hydrogen-bond acceptors (Lipinski definition) is 2. The Balaban J connectivity index is 2.59. The van der Waals surface area contributed by atoms with Crippen LogP contribution in [0.1, 0.15) is 11.1 Å². The number of carboxylic acid groups (broad SMARTS) is 1. The highest BCUT2D eigenvalue weighted by atomic mass is 16.5. The Morgan fingerprint density at radius 2 is 2.12 bits per heavy atom. The van der Waals surface area contributed by atoms with Gasteiger partial charge in [0.05, 0.1) is 13.2 Å². The van der Waals surface area contributed by atoms with Crippen molar-refractivity contribution in [3.05, 3.63) is 48.0 Å². The number of nitrogens with one attached hydrogen (secondary N) is 1. The molecule has 0 atom stereocenters. The molecule has 0 bridgehead atoms. The molecule has 0 fully saturated rings. The van der Waals surface area contributed by atoms with Crippen LogP contribution in [0, 0.1) is 0 Å². The Bertz CT molecular complexity index is 363. The van der Waals surface area contributed by atoms with Crippen LogP contribution >= 0.6 is 0 Å². The number of rotatable bonds is 6. The van der Waals surface area contributed by atoms with E-state index in [1.165, 1.54) is 0 Å². The van der Waals surface area contributed by atoms with Crippen molar-refractivity contribution in [2.45, 2.75) is 13.2 Å². The second-order valence-electron chi connectivity index (χ2n) is 3.23. The summed E-state index contributed by atoms with van der Waals surface area (Å²) in [5.41, 5.74) is 1.91. The van der Waals surface area contributed by atoms with Crippen LogP contribution in [0.15, 0.2) is 36.9 Å². The first-order valence-electron chi connectivity index (χ1n) is 4.96. The van der Waals surface area contributed by atoms with Gasteiger partial charge in [0, 0.05) is 6.54 Å². The normalized spacial score (nSPS) is 9.75. The molecule has 0 radical (unpaired) electrons. The third-order valence-electron chi connectivity index (χ3n) is 2.04. The van der Waals surface area contributed by atoms with E-state index in [1.54, 1.807) is 6.08 Å². The van der Waals surface area contributed by atoms with Crippen molar-refractivity contribution in [2.75, 3.05) is 6.61 Å². The highest BCUT2D eigenvalue weighted by Crippen LogP contribution is 2.09. The summed E-state index contributed by atoms with van der Waals surface area (Å²) in [6.07, 6.45) is 0.653. The van der Waals surface area contributed by atoms with E-state index in [-0.39, 0.29) is 0 Å². The molecular formula is C12H15NO3. The summed E-state index contributed by atoms with van der Waals surface area (Å²) in [6, 6.07) is 7.57. The molecule has 2 N–H and O–H groups in total. The fraction of sp³-hybridized carbons (Fsp3) is 0.250. The van der Waals surface area contributed by atoms with E-state index in [2.05, 4.69) is 11.9 Å². The zero-order valence-electron chi connectivity index (χ0n) is 8.98. The quantitative estimate of drug-likeness (QED) is 0.571. The highest BCUT2D eigenvalue weighted by Gasteiger charge is 2.02. The van der Waals surface area contributed by atoms with Crippen LogP contribution in [-0.4, -0.2) is 17.8 Å². The molecule has 0 aromatic heterocycles. The lowest BCUT2D eigenvalue weighted by atomic mass is 10.1. The Morgan fingerprint density at radius 3 is 2.75 bits per heavy atom. The monoisotopic (exact) mass is 221 g/mol. The first-order chi connectivity index (χ1) is 7.74. The van der Waals surface area contributed by atoms with Crippen LogP contribution in [0.25, 0.3) is 0 Å². The van der Waals surface area contributed by atoms with E-state index < -0.39 is 6.09 Å². The van der Waals surface area contributed by atoms with Crippen LogP contribution in [-0.2, 0) is 17.9 Å². The van der Waals surface area contributed by atoms with E-state index in [4.69, 9.17) is 9.84 Å². The summed E-state index contributed by atoms with van der Waals surface area (Å²) in [5, 5.41) is 10.9. The van der Waals surface area contributed by atoms with Gasteiger partial charge in [-0.15, -0.1) is 6.58 Å². The third-order valence-corrected chi connectivity index (χ3v) is 2.04. The van der Waals surface area contributed by atoms with E-state index in [9.17, 15) is 4.79 Å². The molecule has 1 amide bonds. The molecule has 0 spiro atoms. The lowest BCUT2D eigenvalue weighted by Gasteiger charge is -2.09. The maximum absolute atomic E-state index is 10.4. The second-order valence-corrected chi connectivity index (χ2v) is 3.23. The van der Waals surface area contributed by atoms with Crippen LogP contribution < -0.4 is 5.32 Å². The standard InChI is InChI=1S/C12H15NO3/c1-2-7-16-9-11-6-4-3-5-10(11)8-13-12(14)15/h2-6,13H,1,7-9H2,(H,14,15). The molecule has 0 aliphatic heterocycles. The van der Waals surface area contributed by atoms with Gasteiger partial charge in [-0.3, -0.25) is 0 Å². The number of benzene rings is 1. The molecule has 16 heavy (non-hydrogen) atoms. The summed E-state index contributed by atoms with van der Waals surface area (Å²) in [7, 11) is 0. The van der Waals surface area contributed by atoms with Gasteiger partial charge in [-0.2, -0.15) is 0 Å². The zero-order valence-corrected chi connectivity index (χ0v) is 8.98. The molecular weight excluding hydrogens is 206 g/mol. The summed E-state index contributed by atoms with van der Waals surface area (Å²) in [5.74, 6) is 0. The van der Waals surface area contributed by atoms with Crippen LogP contribution in [0.3, 0.4) is 0 Å². The predicted molar refractivity (Wildman–Crippen MR) is 61.2 cm³/mol. The Kier molecular flexibility index (Phi) is 5.08. The van der Waals surface area contributed by atoms with Gasteiger partial charge < -0.3 is 15.2 Å². The van der Waals surface area contributed by atoms with E-state index in [1.807, 2.05) is 24.3 Å². The van der Waals surface area contributed by atoms with Crippen molar-refractivity contribution < 1.29 is 14.6 Å². The summed E-state index contributed by atoms with van der Waals surface area (Å²) in [6.45, 7) is 4.80. The average Bonchev–Trinajstić information content (AvgIpc) is 2.28. The number of ether oxygens (including phenoxy) is 1. The van der Waals surface area contributed by atoms with Crippen LogP contribution in [0.2, 0.25) is 0 Å². The molecule has 1 aromatic carbocycles. The van der Waals surface area contributed by atoms with E-state index in [0.29, 0.717) is 19.8 Å². The smallest absolute Gasteiger partial charge is 0.404 e. The summed E-state index contributed by atoms with van der Waals surface area (Å²) < 4.78 is 5.32. The molecule has 0 saturated heterocycles. The Hall–Kier alpha value is -1.81. The second kappa shape index (κ2) is 6.63. The third kappa shape index (κ3) is 4.14. The van der Waals surface area contributed by atoms with Gasteiger partial charge in [0.25, 0.3) is 0 Å². The van der Waals surface area contributed by atoms with Gasteiger partial charge in [0.1, 0.15) is 0 Å². The predicted octanol–water partition coefficient (Wildman–Crippen LogP) is 2.16. The average molecular weight is 221 g/mol. The van der Waals surface area contributed by atoms with Gasteiger partial charge >= 0.3 is 6.09 Å². The number of carbonyl (C=O) groups is 1. The first-order valence-corrected chi connectivity index (χ1v) is 4.96. The SMILES string of the molecule is C=CCOCc1ccccc1CNC(=O)O. The van der Waals surface area contributed by atoms with Crippen molar-refractivity contribution in [3.8, 4) is 0 Å². The van der Waals surface area contributed by atoms with Crippen LogP contribution in [0.5, 0.6) is 0 Å². The number of amides is 1. The lowest BCUT2D eigenvalue weighted by Crippen LogP contribution is -2.20. The van der Waals surface area contributed by atoms with Crippen molar-refractivity contribution in [1.29, 1.82) is 0 Å². The van der Waals surface area contributed by atoms with Gasteiger partial charge in [-0.25, -0.2) is 4.79 Å². The fourth-order valence-corrected chi connectivity index (χ4v) is 1.29. The molecule has 0 aliphatic carbocycles. The van der Waals surface area contributed by atoms with Crippen molar-refractivity contribution in [3.63, 3.8) is 0 Å².